The number of nitrogens with zero attached hydrogens (tertiary/aromatic N) is 3. The highest BCUT2D eigenvalue weighted by Gasteiger charge is 2.01. The highest BCUT2D eigenvalue weighted by Crippen LogP contribution is 2.19. The van der Waals surface area contributed by atoms with Gasteiger partial charge in [-0.1, -0.05) is 36.4 Å². The van der Waals surface area contributed by atoms with Crippen LogP contribution in [0.2, 0.25) is 0 Å². The number of phenolic OH excluding ortho intramolecular Hbond substituents is 1. The molecule has 0 aliphatic carbocycles. The molecule has 0 unspecified atom stereocenters. The summed E-state index contributed by atoms with van der Waals surface area (Å²) in [6.07, 6.45) is 3.24. The fourth-order valence-electron chi connectivity index (χ4n) is 1.87. The molecule has 0 aliphatic heterocycles. The maximum absolute atomic E-state index is 9.63. The molecule has 0 saturated heterocycles. The van der Waals surface area contributed by atoms with Gasteiger partial charge in [-0.15, -0.1) is 5.10 Å². The first-order valence-corrected chi connectivity index (χ1v) is 6.12. The van der Waals surface area contributed by atoms with Crippen LogP contribution in [-0.4, -0.2) is 21.5 Å². The summed E-state index contributed by atoms with van der Waals surface area (Å²) in [6, 6.07) is 14.8. The van der Waals surface area contributed by atoms with Crippen molar-refractivity contribution in [2.24, 2.45) is 5.10 Å². The number of hydrazone groups is 1. The summed E-state index contributed by atoms with van der Waals surface area (Å²) in [6.45, 7) is 0. The molecular formula is C15H12N4O. The third-order valence-electron chi connectivity index (χ3n) is 2.88. The van der Waals surface area contributed by atoms with E-state index in [9.17, 15) is 5.11 Å². The van der Waals surface area contributed by atoms with Gasteiger partial charge in [0.05, 0.1) is 12.4 Å². The molecule has 3 rings (SSSR count). The van der Waals surface area contributed by atoms with Crippen LogP contribution in [0.25, 0.3) is 10.8 Å². The van der Waals surface area contributed by atoms with Crippen molar-refractivity contribution in [2.75, 3.05) is 5.43 Å². The Balaban J connectivity index is 1.86. The number of aromatic hydroxyl groups is 1. The van der Waals surface area contributed by atoms with Gasteiger partial charge in [0.15, 0.2) is 5.82 Å². The lowest BCUT2D eigenvalue weighted by Crippen LogP contribution is -1.96. The average Bonchev–Trinajstić information content (AvgIpc) is 2.49. The van der Waals surface area contributed by atoms with Crippen LogP contribution in [0, 0.1) is 0 Å². The molecule has 2 N–H and O–H groups in total. The van der Waals surface area contributed by atoms with E-state index in [1.807, 2.05) is 30.3 Å². The van der Waals surface area contributed by atoms with E-state index >= 15 is 0 Å². The van der Waals surface area contributed by atoms with Gasteiger partial charge in [-0.2, -0.15) is 10.2 Å². The van der Waals surface area contributed by atoms with Crippen LogP contribution in [0.1, 0.15) is 5.56 Å². The number of phenols is 1. The molecule has 2 aromatic carbocycles. The lowest BCUT2D eigenvalue weighted by atomic mass is 10.2. The summed E-state index contributed by atoms with van der Waals surface area (Å²) >= 11 is 0. The fourth-order valence-corrected chi connectivity index (χ4v) is 1.87. The van der Waals surface area contributed by atoms with Crippen LogP contribution in [0.5, 0.6) is 5.75 Å². The van der Waals surface area contributed by atoms with Gasteiger partial charge < -0.3 is 5.11 Å². The molecule has 0 saturated carbocycles. The first-order chi connectivity index (χ1) is 9.84. The summed E-state index contributed by atoms with van der Waals surface area (Å²) in [5, 5.41) is 23.6. The Morgan fingerprint density at radius 2 is 1.85 bits per heavy atom. The summed E-state index contributed by atoms with van der Waals surface area (Å²) in [5.74, 6) is 0.761. The first-order valence-electron chi connectivity index (χ1n) is 6.12. The number of anilines is 1. The monoisotopic (exact) mass is 264 g/mol. The molecule has 0 fully saturated rings. The molecule has 1 heterocycles. The van der Waals surface area contributed by atoms with E-state index in [0.29, 0.717) is 11.4 Å². The van der Waals surface area contributed by atoms with Crippen LogP contribution in [0.15, 0.2) is 59.8 Å². The van der Waals surface area contributed by atoms with Gasteiger partial charge in [0.1, 0.15) is 5.75 Å². The van der Waals surface area contributed by atoms with Gasteiger partial charge in [0, 0.05) is 16.3 Å². The molecular weight excluding hydrogens is 252 g/mol. The lowest BCUT2D eigenvalue weighted by Gasteiger charge is -2.03. The lowest BCUT2D eigenvalue weighted by molar-refractivity contribution is 0.474. The van der Waals surface area contributed by atoms with Crippen molar-refractivity contribution in [2.45, 2.75) is 0 Å². The standard InChI is InChI=1S/C15H12N4O/c20-14-8-4-2-6-12(14)10-17-19-15-13-7-3-1-5-11(13)9-16-18-15/h1-10,20H,(H,18,19)/b17-10+. The van der Waals surface area contributed by atoms with E-state index in [-0.39, 0.29) is 5.75 Å². The quantitative estimate of drug-likeness (QED) is 0.563. The molecule has 0 spiro atoms. The van der Waals surface area contributed by atoms with E-state index in [1.54, 1.807) is 30.6 Å². The van der Waals surface area contributed by atoms with Crippen molar-refractivity contribution < 1.29 is 5.11 Å². The minimum atomic E-state index is 0.182. The zero-order valence-corrected chi connectivity index (χ0v) is 10.6. The van der Waals surface area contributed by atoms with Gasteiger partial charge >= 0.3 is 0 Å². The smallest absolute Gasteiger partial charge is 0.176 e. The topological polar surface area (TPSA) is 70.4 Å². The predicted octanol–water partition coefficient (Wildman–Crippen LogP) is 2.78. The van der Waals surface area contributed by atoms with E-state index in [4.69, 9.17) is 0 Å². The second kappa shape index (κ2) is 5.36. The number of benzene rings is 2. The highest BCUT2D eigenvalue weighted by molar-refractivity contribution is 5.91. The van der Waals surface area contributed by atoms with Crippen molar-refractivity contribution in [3.8, 4) is 5.75 Å². The van der Waals surface area contributed by atoms with E-state index in [1.165, 1.54) is 0 Å². The Kier molecular flexibility index (Phi) is 3.24. The molecule has 5 heteroatoms. The molecule has 3 aromatic rings. The Bertz CT molecular complexity index is 765. The SMILES string of the molecule is Oc1ccccc1/C=N/Nc1nncc2ccccc12. The van der Waals surface area contributed by atoms with Crippen molar-refractivity contribution in [1.82, 2.24) is 10.2 Å². The second-order valence-corrected chi connectivity index (χ2v) is 4.21. The Morgan fingerprint density at radius 3 is 2.75 bits per heavy atom. The molecule has 0 atom stereocenters. The van der Waals surface area contributed by atoms with Crippen LogP contribution < -0.4 is 5.43 Å². The number of nitrogens with one attached hydrogen (secondary N) is 1. The van der Waals surface area contributed by atoms with Crippen molar-refractivity contribution in [3.63, 3.8) is 0 Å². The summed E-state index contributed by atoms with van der Waals surface area (Å²) in [7, 11) is 0. The first kappa shape index (κ1) is 12.1. The van der Waals surface area contributed by atoms with Crippen LogP contribution in [-0.2, 0) is 0 Å². The molecule has 5 nitrogen and oxygen atoms in total. The van der Waals surface area contributed by atoms with E-state index in [0.717, 1.165) is 10.8 Å². The number of aromatic nitrogens is 2. The summed E-state index contributed by atoms with van der Waals surface area (Å²) in [5.41, 5.74) is 3.48. The minimum absolute atomic E-state index is 0.182. The number of hydrogen-bond donors (Lipinski definition) is 2. The van der Waals surface area contributed by atoms with Crippen molar-refractivity contribution in [3.05, 3.63) is 60.3 Å². The normalized spacial score (nSPS) is 11.0. The number of rotatable bonds is 3. The molecule has 1 aromatic heterocycles. The number of hydrogen-bond acceptors (Lipinski definition) is 5. The Morgan fingerprint density at radius 1 is 1.05 bits per heavy atom. The van der Waals surface area contributed by atoms with Gasteiger partial charge in [-0.3, -0.25) is 5.43 Å². The highest BCUT2D eigenvalue weighted by atomic mass is 16.3. The van der Waals surface area contributed by atoms with Crippen LogP contribution in [0.4, 0.5) is 5.82 Å². The van der Waals surface area contributed by atoms with Gasteiger partial charge in [-0.25, -0.2) is 0 Å². The van der Waals surface area contributed by atoms with Crippen LogP contribution in [0.3, 0.4) is 0 Å². The van der Waals surface area contributed by atoms with Gasteiger partial charge in [-0.05, 0) is 12.1 Å². The summed E-state index contributed by atoms with van der Waals surface area (Å²) in [4.78, 5) is 0. The zero-order valence-electron chi connectivity index (χ0n) is 10.6. The Labute approximate surface area is 115 Å². The number of fused-ring (bicyclic) bond motifs is 1. The third-order valence-corrected chi connectivity index (χ3v) is 2.88. The zero-order chi connectivity index (χ0) is 13.8. The Hall–Kier alpha value is -2.95. The average molecular weight is 264 g/mol. The van der Waals surface area contributed by atoms with Crippen molar-refractivity contribution in [1.29, 1.82) is 0 Å². The van der Waals surface area contributed by atoms with E-state index in [2.05, 4.69) is 20.7 Å². The van der Waals surface area contributed by atoms with E-state index < -0.39 is 0 Å². The largest absolute Gasteiger partial charge is 0.507 e. The maximum Gasteiger partial charge on any atom is 0.176 e. The van der Waals surface area contributed by atoms with Crippen LogP contribution >= 0.6 is 0 Å². The molecule has 0 radical (unpaired) electrons. The van der Waals surface area contributed by atoms with Gasteiger partial charge in [0.25, 0.3) is 0 Å². The number of para-hydroxylation sites is 1. The molecule has 0 amide bonds. The van der Waals surface area contributed by atoms with Crippen molar-refractivity contribution >= 4 is 22.8 Å². The fraction of sp³-hybridized carbons (Fsp3) is 0. The third kappa shape index (κ3) is 2.42. The predicted molar refractivity (Wildman–Crippen MR) is 78.9 cm³/mol. The maximum atomic E-state index is 9.63. The molecule has 20 heavy (non-hydrogen) atoms. The second-order valence-electron chi connectivity index (χ2n) is 4.21. The molecule has 98 valence electrons. The minimum Gasteiger partial charge on any atom is -0.507 e. The molecule has 0 aliphatic rings. The molecule has 0 bridgehead atoms. The summed E-state index contributed by atoms with van der Waals surface area (Å²) < 4.78 is 0. The van der Waals surface area contributed by atoms with Gasteiger partial charge in [0.2, 0.25) is 0 Å².